The van der Waals surface area contributed by atoms with Crippen LogP contribution in [0.25, 0.3) is 11.3 Å². The Kier molecular flexibility index (Phi) is 6.87. The lowest BCUT2D eigenvalue weighted by Gasteiger charge is -2.18. The fourth-order valence-corrected chi connectivity index (χ4v) is 2.42. The molecule has 0 unspecified atom stereocenters. The Hall–Kier alpha value is -1.79. The Morgan fingerprint density at radius 3 is 2.38 bits per heavy atom. The summed E-state index contributed by atoms with van der Waals surface area (Å²) in [7, 11) is 0. The number of hydrogen-bond acceptors (Lipinski definition) is 4. The van der Waals surface area contributed by atoms with Gasteiger partial charge in [0.1, 0.15) is 5.69 Å². The summed E-state index contributed by atoms with van der Waals surface area (Å²) in [5.74, 6) is 0.213. The van der Waals surface area contributed by atoms with Gasteiger partial charge in [0.2, 0.25) is 5.95 Å². The zero-order chi connectivity index (χ0) is 17.5. The van der Waals surface area contributed by atoms with Gasteiger partial charge in [-0.1, -0.05) is 37.6 Å². The monoisotopic (exact) mass is 354 g/mol. The second-order valence-electron chi connectivity index (χ2n) is 5.26. The van der Waals surface area contributed by atoms with E-state index in [1.54, 1.807) is 24.3 Å². The van der Waals surface area contributed by atoms with Crippen LogP contribution in [0.1, 0.15) is 26.0 Å². The minimum absolute atomic E-state index is 0.213. The van der Waals surface area contributed by atoms with Gasteiger partial charge in [-0.3, -0.25) is 0 Å². The van der Waals surface area contributed by atoms with Gasteiger partial charge in [-0.05, 0) is 31.3 Å². The molecule has 1 aromatic carbocycles. The summed E-state index contributed by atoms with van der Waals surface area (Å²) in [4.78, 5) is 10.5. The fourth-order valence-electron chi connectivity index (χ4n) is 2.29. The first-order valence-electron chi connectivity index (χ1n) is 7.92. The van der Waals surface area contributed by atoms with Crippen LogP contribution >= 0.6 is 11.6 Å². The second-order valence-corrected chi connectivity index (χ2v) is 5.70. The van der Waals surface area contributed by atoms with E-state index in [0.29, 0.717) is 17.3 Å². The van der Waals surface area contributed by atoms with Gasteiger partial charge in [-0.25, -0.2) is 18.7 Å². The SMILES string of the molecule is CCN(CC)CCNc1nc(-c2ccc(Cl)cc2)cc(C(F)F)n1. The molecule has 0 fully saturated rings. The number of benzene rings is 1. The standard InChI is InChI=1S/C17H21ClF2N4/c1-3-24(4-2)10-9-21-17-22-14(11-15(23-17)16(19)20)12-5-7-13(18)8-6-12/h5-8,11,16H,3-4,9-10H2,1-2H3,(H,21,22,23). The van der Waals surface area contributed by atoms with Gasteiger partial charge < -0.3 is 10.2 Å². The molecular weight excluding hydrogens is 334 g/mol. The Balaban J connectivity index is 2.20. The molecule has 7 heteroatoms. The molecule has 0 radical (unpaired) electrons. The van der Waals surface area contributed by atoms with E-state index in [4.69, 9.17) is 11.6 Å². The van der Waals surface area contributed by atoms with Gasteiger partial charge in [0.15, 0.2) is 0 Å². The van der Waals surface area contributed by atoms with Gasteiger partial charge in [-0.15, -0.1) is 0 Å². The van der Waals surface area contributed by atoms with Crippen molar-refractivity contribution >= 4 is 17.5 Å². The largest absolute Gasteiger partial charge is 0.353 e. The summed E-state index contributed by atoms with van der Waals surface area (Å²) in [6.07, 6.45) is -2.65. The number of halogens is 3. The number of nitrogens with one attached hydrogen (secondary N) is 1. The van der Waals surface area contributed by atoms with E-state index < -0.39 is 6.43 Å². The zero-order valence-corrected chi connectivity index (χ0v) is 14.5. The van der Waals surface area contributed by atoms with E-state index in [1.807, 2.05) is 0 Å². The van der Waals surface area contributed by atoms with Crippen molar-refractivity contribution in [1.82, 2.24) is 14.9 Å². The molecule has 24 heavy (non-hydrogen) atoms. The van der Waals surface area contributed by atoms with Crippen LogP contribution in [0.3, 0.4) is 0 Å². The molecule has 0 amide bonds. The molecule has 0 bridgehead atoms. The van der Waals surface area contributed by atoms with Crippen LogP contribution in [0.15, 0.2) is 30.3 Å². The first kappa shape index (κ1) is 18.5. The van der Waals surface area contributed by atoms with Crippen LogP contribution in [-0.2, 0) is 0 Å². The third kappa shape index (κ3) is 5.11. The van der Waals surface area contributed by atoms with E-state index in [2.05, 4.69) is 34.0 Å². The minimum Gasteiger partial charge on any atom is -0.353 e. The summed E-state index contributed by atoms with van der Waals surface area (Å²) in [5, 5.41) is 3.62. The number of rotatable bonds is 8. The predicted molar refractivity (Wildman–Crippen MR) is 93.7 cm³/mol. The number of likely N-dealkylation sites (N-methyl/N-ethyl adjacent to an activating group) is 1. The van der Waals surface area contributed by atoms with Crippen molar-refractivity contribution in [3.05, 3.63) is 41.0 Å². The molecule has 0 saturated carbocycles. The highest BCUT2D eigenvalue weighted by Gasteiger charge is 2.14. The van der Waals surface area contributed by atoms with Crippen LogP contribution < -0.4 is 5.32 Å². The molecule has 4 nitrogen and oxygen atoms in total. The predicted octanol–water partition coefficient (Wildman–Crippen LogP) is 4.49. The number of nitrogens with zero attached hydrogens (tertiary/aromatic N) is 3. The lowest BCUT2D eigenvalue weighted by atomic mass is 10.1. The molecule has 2 rings (SSSR count). The first-order valence-corrected chi connectivity index (χ1v) is 8.30. The topological polar surface area (TPSA) is 41.0 Å². The summed E-state index contributed by atoms with van der Waals surface area (Å²) in [5.41, 5.74) is 0.873. The van der Waals surface area contributed by atoms with Crippen LogP contribution in [0.4, 0.5) is 14.7 Å². The van der Waals surface area contributed by atoms with E-state index in [0.717, 1.165) is 25.2 Å². The van der Waals surface area contributed by atoms with Crippen LogP contribution in [0, 0.1) is 0 Å². The highest BCUT2D eigenvalue weighted by atomic mass is 35.5. The summed E-state index contributed by atoms with van der Waals surface area (Å²) < 4.78 is 26.2. The zero-order valence-electron chi connectivity index (χ0n) is 13.8. The average molecular weight is 355 g/mol. The molecule has 1 aromatic heterocycles. The molecule has 0 aliphatic rings. The molecule has 0 atom stereocenters. The molecule has 0 spiro atoms. The quantitative estimate of drug-likeness (QED) is 0.758. The average Bonchev–Trinajstić information content (AvgIpc) is 2.59. The molecule has 1 N–H and O–H groups in total. The van der Waals surface area contributed by atoms with Crippen molar-refractivity contribution < 1.29 is 8.78 Å². The maximum Gasteiger partial charge on any atom is 0.280 e. The Morgan fingerprint density at radius 2 is 1.79 bits per heavy atom. The lowest BCUT2D eigenvalue weighted by Crippen LogP contribution is -2.29. The minimum atomic E-state index is -2.65. The van der Waals surface area contributed by atoms with E-state index in [-0.39, 0.29) is 11.6 Å². The number of hydrogen-bond donors (Lipinski definition) is 1. The second kappa shape index (κ2) is 8.89. The first-order chi connectivity index (χ1) is 11.5. The highest BCUT2D eigenvalue weighted by molar-refractivity contribution is 6.30. The van der Waals surface area contributed by atoms with Gasteiger partial charge in [0.05, 0.1) is 5.69 Å². The number of alkyl halides is 2. The molecule has 0 aliphatic heterocycles. The summed E-state index contributed by atoms with van der Waals surface area (Å²) in [6.45, 7) is 7.42. The van der Waals surface area contributed by atoms with Gasteiger partial charge >= 0.3 is 0 Å². The van der Waals surface area contributed by atoms with Crippen molar-refractivity contribution in [3.63, 3.8) is 0 Å². The van der Waals surface area contributed by atoms with Crippen LogP contribution in [0.5, 0.6) is 0 Å². The number of aromatic nitrogens is 2. The van der Waals surface area contributed by atoms with Gasteiger partial charge in [0, 0.05) is 23.7 Å². The summed E-state index contributed by atoms with van der Waals surface area (Å²) >= 11 is 5.87. The molecule has 2 aromatic rings. The van der Waals surface area contributed by atoms with E-state index in [1.165, 1.54) is 6.07 Å². The van der Waals surface area contributed by atoms with Crippen molar-refractivity contribution in [2.75, 3.05) is 31.5 Å². The maximum atomic E-state index is 13.1. The Bertz CT molecular complexity index is 646. The Labute approximate surface area is 145 Å². The van der Waals surface area contributed by atoms with Crippen molar-refractivity contribution in [1.29, 1.82) is 0 Å². The normalized spacial score (nSPS) is 11.3. The van der Waals surface area contributed by atoms with E-state index in [9.17, 15) is 8.78 Å². The fraction of sp³-hybridized carbons (Fsp3) is 0.412. The van der Waals surface area contributed by atoms with Crippen molar-refractivity contribution in [2.24, 2.45) is 0 Å². The van der Waals surface area contributed by atoms with Crippen molar-refractivity contribution in [2.45, 2.75) is 20.3 Å². The van der Waals surface area contributed by atoms with E-state index >= 15 is 0 Å². The third-order valence-electron chi connectivity index (χ3n) is 3.72. The molecule has 0 saturated heterocycles. The molecule has 1 heterocycles. The van der Waals surface area contributed by atoms with Crippen molar-refractivity contribution in [3.8, 4) is 11.3 Å². The van der Waals surface area contributed by atoms with Gasteiger partial charge in [-0.2, -0.15) is 0 Å². The van der Waals surface area contributed by atoms with Crippen LogP contribution in [0.2, 0.25) is 5.02 Å². The Morgan fingerprint density at radius 1 is 1.12 bits per heavy atom. The van der Waals surface area contributed by atoms with Gasteiger partial charge in [0.25, 0.3) is 6.43 Å². The molecule has 0 aliphatic carbocycles. The number of anilines is 1. The summed E-state index contributed by atoms with van der Waals surface area (Å²) in [6, 6.07) is 8.21. The highest BCUT2D eigenvalue weighted by Crippen LogP contribution is 2.25. The smallest absolute Gasteiger partial charge is 0.280 e. The third-order valence-corrected chi connectivity index (χ3v) is 3.97. The maximum absolute atomic E-state index is 13.1. The lowest BCUT2D eigenvalue weighted by molar-refractivity contribution is 0.146. The van der Waals surface area contributed by atoms with Crippen LogP contribution in [-0.4, -0.2) is 41.0 Å². The molecular formula is C17H21ClF2N4. The molecule has 130 valence electrons.